The van der Waals surface area contributed by atoms with E-state index in [1.807, 2.05) is 6.92 Å². The number of halogens is 1. The summed E-state index contributed by atoms with van der Waals surface area (Å²) < 4.78 is 0.804. The maximum atomic E-state index is 11.4. The number of anilines is 1. The quantitative estimate of drug-likeness (QED) is 0.813. The second kappa shape index (κ2) is 6.64. The maximum absolute atomic E-state index is 11.4. The fourth-order valence-corrected chi connectivity index (χ4v) is 5.07. The highest BCUT2D eigenvalue weighted by Crippen LogP contribution is 2.48. The van der Waals surface area contributed by atoms with E-state index in [4.69, 9.17) is 0 Å². The lowest BCUT2D eigenvalue weighted by Gasteiger charge is -2.43. The van der Waals surface area contributed by atoms with Crippen LogP contribution in [0.5, 0.6) is 0 Å². The number of piperidine rings is 1. The maximum Gasteiger partial charge on any atom is 0.337 e. The van der Waals surface area contributed by atoms with Crippen LogP contribution in [-0.4, -0.2) is 34.3 Å². The number of carboxylic acids is 1. The molecule has 24 heavy (non-hydrogen) atoms. The number of nitrogens with zero attached hydrogens (tertiary/aromatic N) is 2. The standard InChI is InChI=1S/C18H25BrN2O3/c1-11-13(16(22)17(23)24)15(14(19)12(2)20-11)21-9-5-8-18(10-21)6-3-4-7-18/h16,22H,3-10H2,1-2H3,(H,23,24). The Morgan fingerprint density at radius 2 is 1.83 bits per heavy atom. The normalized spacial score (nSPS) is 21.2. The van der Waals surface area contributed by atoms with Crippen molar-refractivity contribution in [1.82, 2.24) is 4.98 Å². The van der Waals surface area contributed by atoms with E-state index in [0.29, 0.717) is 16.7 Å². The van der Waals surface area contributed by atoms with Crippen LogP contribution in [0.3, 0.4) is 0 Å². The number of hydrogen-bond acceptors (Lipinski definition) is 4. The van der Waals surface area contributed by atoms with Crippen LogP contribution in [0.25, 0.3) is 0 Å². The van der Waals surface area contributed by atoms with Gasteiger partial charge in [-0.3, -0.25) is 4.98 Å². The minimum atomic E-state index is -1.55. The van der Waals surface area contributed by atoms with Gasteiger partial charge < -0.3 is 15.1 Å². The van der Waals surface area contributed by atoms with Crippen molar-refractivity contribution < 1.29 is 15.0 Å². The molecule has 0 amide bonds. The number of aromatic nitrogens is 1. The fraction of sp³-hybridized carbons (Fsp3) is 0.667. The number of aliphatic hydroxyl groups is 1. The number of hydrogen-bond donors (Lipinski definition) is 2. The lowest BCUT2D eigenvalue weighted by Crippen LogP contribution is -2.43. The monoisotopic (exact) mass is 396 g/mol. The van der Waals surface area contributed by atoms with E-state index in [2.05, 4.69) is 25.8 Å². The van der Waals surface area contributed by atoms with Gasteiger partial charge in [0, 0.05) is 24.3 Å². The summed E-state index contributed by atoms with van der Waals surface area (Å²) in [6, 6.07) is 0. The first-order valence-electron chi connectivity index (χ1n) is 8.67. The summed E-state index contributed by atoms with van der Waals surface area (Å²) in [5.74, 6) is -1.23. The summed E-state index contributed by atoms with van der Waals surface area (Å²) in [5.41, 5.74) is 3.02. The Bertz CT molecular complexity index is 656. The minimum Gasteiger partial charge on any atom is -0.479 e. The van der Waals surface area contributed by atoms with Gasteiger partial charge in [0.2, 0.25) is 0 Å². The molecule has 1 aromatic rings. The summed E-state index contributed by atoms with van der Waals surface area (Å²) in [7, 11) is 0. The lowest BCUT2D eigenvalue weighted by molar-refractivity contribution is -0.147. The molecule has 5 nitrogen and oxygen atoms in total. The molecule has 2 fully saturated rings. The van der Waals surface area contributed by atoms with Gasteiger partial charge in [-0.05, 0) is 60.9 Å². The summed E-state index contributed by atoms with van der Waals surface area (Å²) in [5, 5.41) is 19.6. The zero-order valence-electron chi connectivity index (χ0n) is 14.3. The Labute approximate surface area is 151 Å². The van der Waals surface area contributed by atoms with Gasteiger partial charge in [0.15, 0.2) is 6.10 Å². The molecule has 1 aliphatic heterocycles. The zero-order valence-corrected chi connectivity index (χ0v) is 15.9. The van der Waals surface area contributed by atoms with Gasteiger partial charge in [-0.1, -0.05) is 12.8 Å². The molecule has 1 saturated carbocycles. The van der Waals surface area contributed by atoms with E-state index in [0.717, 1.165) is 35.4 Å². The predicted molar refractivity (Wildman–Crippen MR) is 96.4 cm³/mol. The number of carbonyl (C=O) groups is 1. The molecule has 6 heteroatoms. The Morgan fingerprint density at radius 3 is 2.46 bits per heavy atom. The van der Waals surface area contributed by atoms with Crippen LogP contribution in [0.1, 0.15) is 61.6 Å². The first kappa shape index (κ1) is 17.7. The average molecular weight is 397 g/mol. The van der Waals surface area contributed by atoms with E-state index >= 15 is 0 Å². The molecule has 2 heterocycles. The molecule has 0 radical (unpaired) electrons. The zero-order chi connectivity index (χ0) is 17.5. The lowest BCUT2D eigenvalue weighted by atomic mass is 9.78. The molecule has 0 aromatic carbocycles. The van der Waals surface area contributed by atoms with Crippen LogP contribution in [0.15, 0.2) is 4.47 Å². The molecular formula is C18H25BrN2O3. The van der Waals surface area contributed by atoms with Crippen LogP contribution >= 0.6 is 15.9 Å². The highest BCUT2D eigenvalue weighted by atomic mass is 79.9. The van der Waals surface area contributed by atoms with Crippen LogP contribution in [0.2, 0.25) is 0 Å². The third-order valence-corrected chi connectivity index (χ3v) is 6.60. The van der Waals surface area contributed by atoms with Crippen molar-refractivity contribution in [2.24, 2.45) is 5.41 Å². The molecule has 0 bridgehead atoms. The summed E-state index contributed by atoms with van der Waals surface area (Å²) in [6.45, 7) is 5.52. The topological polar surface area (TPSA) is 73.7 Å². The Morgan fingerprint density at radius 1 is 1.21 bits per heavy atom. The van der Waals surface area contributed by atoms with Crippen LogP contribution in [0, 0.1) is 19.3 Å². The molecule has 1 atom stereocenters. The summed E-state index contributed by atoms with van der Waals surface area (Å²) >= 11 is 3.61. The van der Waals surface area contributed by atoms with Crippen molar-refractivity contribution in [1.29, 1.82) is 0 Å². The van der Waals surface area contributed by atoms with Gasteiger partial charge in [0.05, 0.1) is 15.9 Å². The number of aliphatic hydroxyl groups excluding tert-OH is 1. The smallest absolute Gasteiger partial charge is 0.337 e. The second-order valence-electron chi connectivity index (χ2n) is 7.33. The highest BCUT2D eigenvalue weighted by Gasteiger charge is 2.40. The number of aliphatic carboxylic acids is 1. The Kier molecular flexibility index (Phi) is 4.89. The molecule has 132 valence electrons. The summed E-state index contributed by atoms with van der Waals surface area (Å²) in [6.07, 6.45) is 5.88. The first-order valence-corrected chi connectivity index (χ1v) is 9.46. The first-order chi connectivity index (χ1) is 11.3. The molecule has 2 N–H and O–H groups in total. The SMILES string of the molecule is Cc1nc(C)c(C(O)C(=O)O)c(N2CCCC3(CCCC3)C2)c1Br. The van der Waals surface area contributed by atoms with E-state index in [-0.39, 0.29) is 0 Å². The fourth-order valence-electron chi connectivity index (χ4n) is 4.51. The van der Waals surface area contributed by atoms with Crippen molar-refractivity contribution in [3.63, 3.8) is 0 Å². The number of rotatable bonds is 3. The minimum absolute atomic E-state index is 0.355. The van der Waals surface area contributed by atoms with Crippen LogP contribution in [-0.2, 0) is 4.79 Å². The Balaban J connectivity index is 2.07. The molecule has 1 aromatic heterocycles. The van der Waals surface area contributed by atoms with E-state index in [1.165, 1.54) is 32.1 Å². The molecule has 1 saturated heterocycles. The highest BCUT2D eigenvalue weighted by molar-refractivity contribution is 9.10. The van der Waals surface area contributed by atoms with Gasteiger partial charge >= 0.3 is 5.97 Å². The largest absolute Gasteiger partial charge is 0.479 e. The van der Waals surface area contributed by atoms with Gasteiger partial charge in [-0.25, -0.2) is 4.79 Å². The summed E-state index contributed by atoms with van der Waals surface area (Å²) in [4.78, 5) is 18.1. The van der Waals surface area contributed by atoms with Gasteiger partial charge in [-0.2, -0.15) is 0 Å². The third-order valence-electron chi connectivity index (χ3n) is 5.66. The van der Waals surface area contributed by atoms with Gasteiger partial charge in [0.25, 0.3) is 0 Å². The number of carboxylic acid groups (broad SMARTS) is 1. The molecular weight excluding hydrogens is 372 g/mol. The molecule has 2 aliphatic rings. The van der Waals surface area contributed by atoms with Crippen molar-refractivity contribution in [3.05, 3.63) is 21.4 Å². The predicted octanol–water partition coefficient (Wildman–Crippen LogP) is 3.74. The van der Waals surface area contributed by atoms with E-state index in [9.17, 15) is 15.0 Å². The Hall–Kier alpha value is -1.14. The van der Waals surface area contributed by atoms with Gasteiger partial charge in [0.1, 0.15) is 0 Å². The van der Waals surface area contributed by atoms with Crippen molar-refractivity contribution >= 4 is 27.6 Å². The second-order valence-corrected chi connectivity index (χ2v) is 8.12. The molecule has 1 spiro atoms. The van der Waals surface area contributed by atoms with Crippen molar-refractivity contribution in [3.8, 4) is 0 Å². The van der Waals surface area contributed by atoms with Gasteiger partial charge in [-0.15, -0.1) is 0 Å². The molecule has 1 aliphatic carbocycles. The van der Waals surface area contributed by atoms with E-state index in [1.54, 1.807) is 6.92 Å². The third kappa shape index (κ3) is 3.06. The average Bonchev–Trinajstić information content (AvgIpc) is 2.97. The van der Waals surface area contributed by atoms with Crippen molar-refractivity contribution in [2.45, 2.75) is 58.5 Å². The number of pyridine rings is 1. The molecule has 3 rings (SSSR count). The van der Waals surface area contributed by atoms with E-state index < -0.39 is 12.1 Å². The van der Waals surface area contributed by atoms with Crippen molar-refractivity contribution in [2.75, 3.05) is 18.0 Å². The number of aryl methyl sites for hydroxylation is 2. The van der Waals surface area contributed by atoms with Crippen LogP contribution in [0.4, 0.5) is 5.69 Å². The molecule has 1 unspecified atom stereocenters. The van der Waals surface area contributed by atoms with Crippen LogP contribution < -0.4 is 4.90 Å².